The molecule has 0 saturated heterocycles. The molecule has 0 atom stereocenters. The summed E-state index contributed by atoms with van der Waals surface area (Å²) in [5.41, 5.74) is 0. The molecule has 2 aliphatic rings. The van der Waals surface area contributed by atoms with Crippen molar-refractivity contribution in [3.63, 3.8) is 0 Å². The van der Waals surface area contributed by atoms with Crippen molar-refractivity contribution in [2.24, 2.45) is 10.9 Å². The van der Waals surface area contributed by atoms with Crippen LogP contribution in [0.2, 0.25) is 0 Å². The van der Waals surface area contributed by atoms with E-state index in [1.807, 2.05) is 0 Å². The third-order valence-electron chi connectivity index (χ3n) is 2.50. The van der Waals surface area contributed by atoms with Crippen LogP contribution in [0, 0.1) is 5.92 Å². The molecule has 0 N–H and O–H groups in total. The van der Waals surface area contributed by atoms with Crippen molar-refractivity contribution in [3.8, 4) is 0 Å². The van der Waals surface area contributed by atoms with Gasteiger partial charge in [-0.25, -0.2) is 10.3 Å². The zero-order valence-corrected chi connectivity index (χ0v) is 8.55. The number of aliphatic imine (C=N–C) groups is 1. The van der Waals surface area contributed by atoms with Crippen LogP contribution < -0.4 is 5.32 Å². The van der Waals surface area contributed by atoms with Gasteiger partial charge in [-0.1, -0.05) is 19.3 Å². The summed E-state index contributed by atoms with van der Waals surface area (Å²) in [5, 5.41) is 4.34. The topological polar surface area (TPSA) is 26.5 Å². The maximum absolute atomic E-state index is 4.34. The Balaban J connectivity index is 1.93. The van der Waals surface area contributed by atoms with Crippen LogP contribution in [0.5, 0.6) is 0 Å². The van der Waals surface area contributed by atoms with Gasteiger partial charge in [-0.05, 0) is 28.8 Å². The van der Waals surface area contributed by atoms with E-state index in [4.69, 9.17) is 0 Å². The lowest BCUT2D eigenvalue weighted by Gasteiger charge is -2.20. The molecule has 0 spiro atoms. The molecule has 1 aliphatic carbocycles. The smallest absolute Gasteiger partial charge is 0.132 e. The van der Waals surface area contributed by atoms with Crippen molar-refractivity contribution in [1.82, 2.24) is 5.32 Å². The fraction of sp³-hybridized carbons (Fsp3) is 0.667. The molecule has 1 heterocycles. The second-order valence-corrected chi connectivity index (χ2v) is 4.20. The number of halogens is 1. The molecular formula is C9H12BrN2. The van der Waals surface area contributed by atoms with Crippen LogP contribution in [0.1, 0.15) is 32.1 Å². The van der Waals surface area contributed by atoms with E-state index in [1.165, 1.54) is 32.1 Å². The van der Waals surface area contributed by atoms with E-state index in [0.717, 1.165) is 10.4 Å². The summed E-state index contributed by atoms with van der Waals surface area (Å²) in [6, 6.07) is 0. The minimum Gasteiger partial charge on any atom is -0.238 e. The van der Waals surface area contributed by atoms with Gasteiger partial charge in [0.15, 0.2) is 0 Å². The number of rotatable bonds is 1. The van der Waals surface area contributed by atoms with E-state index in [9.17, 15) is 0 Å². The molecule has 2 rings (SSSR count). The molecule has 1 saturated carbocycles. The average molecular weight is 228 g/mol. The largest absolute Gasteiger partial charge is 0.238 e. The summed E-state index contributed by atoms with van der Waals surface area (Å²) in [7, 11) is 0. The second kappa shape index (κ2) is 3.60. The second-order valence-electron chi connectivity index (χ2n) is 3.39. The van der Waals surface area contributed by atoms with Crippen molar-refractivity contribution < 1.29 is 0 Å². The molecule has 2 nitrogen and oxygen atoms in total. The Morgan fingerprint density at radius 1 is 1.25 bits per heavy atom. The van der Waals surface area contributed by atoms with Gasteiger partial charge >= 0.3 is 0 Å². The van der Waals surface area contributed by atoms with Crippen molar-refractivity contribution in [2.45, 2.75) is 32.1 Å². The third kappa shape index (κ3) is 1.71. The maximum Gasteiger partial charge on any atom is 0.132 e. The molecule has 1 aliphatic heterocycles. The first-order chi connectivity index (χ1) is 5.86. The Morgan fingerprint density at radius 3 is 2.58 bits per heavy atom. The molecule has 0 amide bonds. The van der Waals surface area contributed by atoms with E-state index >= 15 is 0 Å². The Bertz CT molecular complexity index is 227. The molecule has 0 aromatic heterocycles. The number of nitrogens with zero attached hydrogens (tertiary/aromatic N) is 2. The van der Waals surface area contributed by atoms with Gasteiger partial charge in [-0.2, -0.15) is 0 Å². The fourth-order valence-electron chi connectivity index (χ4n) is 1.84. The first-order valence-electron chi connectivity index (χ1n) is 4.51. The van der Waals surface area contributed by atoms with E-state index < -0.39 is 0 Å². The highest BCUT2D eigenvalue weighted by Crippen LogP contribution is 2.27. The average Bonchev–Trinajstić information content (AvgIpc) is 2.54. The SMILES string of the molecule is BrC1=CN=C(C2CCCCC2)[N]1. The summed E-state index contributed by atoms with van der Waals surface area (Å²) < 4.78 is 0.878. The van der Waals surface area contributed by atoms with Crippen LogP contribution in [0.4, 0.5) is 0 Å². The Hall–Kier alpha value is -0.310. The van der Waals surface area contributed by atoms with Crippen LogP contribution in [-0.4, -0.2) is 5.84 Å². The molecule has 12 heavy (non-hydrogen) atoms. The highest BCUT2D eigenvalue weighted by Gasteiger charge is 2.22. The molecule has 1 fully saturated rings. The molecule has 3 heteroatoms. The van der Waals surface area contributed by atoms with Gasteiger partial charge in [0, 0.05) is 5.92 Å². The Kier molecular flexibility index (Phi) is 2.49. The van der Waals surface area contributed by atoms with E-state index in [1.54, 1.807) is 6.20 Å². The Labute approximate surface area is 81.3 Å². The summed E-state index contributed by atoms with van der Waals surface area (Å²) in [4.78, 5) is 4.28. The van der Waals surface area contributed by atoms with Crippen molar-refractivity contribution in [1.29, 1.82) is 0 Å². The lowest BCUT2D eigenvalue weighted by molar-refractivity contribution is 0.435. The molecule has 1 radical (unpaired) electrons. The van der Waals surface area contributed by atoms with Gasteiger partial charge in [-0.15, -0.1) is 0 Å². The zero-order chi connectivity index (χ0) is 8.39. The number of hydrogen-bond acceptors (Lipinski definition) is 1. The van der Waals surface area contributed by atoms with Crippen LogP contribution in [0.3, 0.4) is 0 Å². The molecule has 65 valence electrons. The van der Waals surface area contributed by atoms with Gasteiger partial charge in [0.1, 0.15) is 10.4 Å². The summed E-state index contributed by atoms with van der Waals surface area (Å²) in [6.07, 6.45) is 8.42. The normalized spacial score (nSPS) is 24.8. The number of hydrogen-bond donors (Lipinski definition) is 0. The molecular weight excluding hydrogens is 216 g/mol. The highest BCUT2D eigenvalue weighted by molar-refractivity contribution is 9.11. The lowest BCUT2D eigenvalue weighted by atomic mass is 9.88. The zero-order valence-electron chi connectivity index (χ0n) is 6.96. The van der Waals surface area contributed by atoms with Crippen molar-refractivity contribution in [2.75, 3.05) is 0 Å². The fourth-order valence-corrected chi connectivity index (χ4v) is 2.13. The van der Waals surface area contributed by atoms with Gasteiger partial charge < -0.3 is 0 Å². The van der Waals surface area contributed by atoms with Crippen LogP contribution in [0.25, 0.3) is 0 Å². The molecule has 0 bridgehead atoms. The van der Waals surface area contributed by atoms with Gasteiger partial charge in [0.25, 0.3) is 0 Å². The standard InChI is InChI=1S/C9H12BrN2/c10-8-6-11-9(12-8)7-4-2-1-3-5-7/h6-7H,1-5H2. The molecule has 0 aromatic carbocycles. The predicted molar refractivity (Wildman–Crippen MR) is 53.2 cm³/mol. The monoisotopic (exact) mass is 227 g/mol. The van der Waals surface area contributed by atoms with Gasteiger partial charge in [0.2, 0.25) is 0 Å². The molecule has 0 aromatic rings. The van der Waals surface area contributed by atoms with E-state index in [-0.39, 0.29) is 0 Å². The highest BCUT2D eigenvalue weighted by atomic mass is 79.9. The van der Waals surface area contributed by atoms with Gasteiger partial charge in [0.05, 0.1) is 6.20 Å². The van der Waals surface area contributed by atoms with Crippen LogP contribution in [0.15, 0.2) is 15.8 Å². The lowest BCUT2D eigenvalue weighted by Crippen LogP contribution is -2.22. The maximum atomic E-state index is 4.34. The van der Waals surface area contributed by atoms with E-state index in [2.05, 4.69) is 26.2 Å². The van der Waals surface area contributed by atoms with Gasteiger partial charge in [-0.3, -0.25) is 0 Å². The quantitative estimate of drug-likeness (QED) is 0.617. The third-order valence-corrected chi connectivity index (χ3v) is 2.88. The van der Waals surface area contributed by atoms with Crippen LogP contribution in [-0.2, 0) is 0 Å². The summed E-state index contributed by atoms with van der Waals surface area (Å²) in [6.45, 7) is 0. The predicted octanol–water partition coefficient (Wildman–Crippen LogP) is 2.78. The molecule has 0 unspecified atom stereocenters. The van der Waals surface area contributed by atoms with E-state index in [0.29, 0.717) is 5.92 Å². The minimum absolute atomic E-state index is 0.630. The Morgan fingerprint density at radius 2 is 2.00 bits per heavy atom. The minimum atomic E-state index is 0.630. The summed E-state index contributed by atoms with van der Waals surface area (Å²) >= 11 is 3.33. The van der Waals surface area contributed by atoms with Crippen LogP contribution >= 0.6 is 15.9 Å². The first kappa shape index (κ1) is 8.30. The van der Waals surface area contributed by atoms with Crippen molar-refractivity contribution in [3.05, 3.63) is 10.8 Å². The first-order valence-corrected chi connectivity index (χ1v) is 5.30. The number of amidine groups is 1. The summed E-state index contributed by atoms with van der Waals surface area (Å²) in [5.74, 6) is 1.67. The van der Waals surface area contributed by atoms with Crippen molar-refractivity contribution >= 4 is 21.8 Å².